The first-order valence-electron chi connectivity index (χ1n) is 5.35. The van der Waals surface area contributed by atoms with Crippen molar-refractivity contribution >= 4 is 12.4 Å². The van der Waals surface area contributed by atoms with Gasteiger partial charge in [-0.15, -0.1) is 0 Å². The summed E-state index contributed by atoms with van der Waals surface area (Å²) in [6.45, 7) is 1.85. The number of allylic oxidation sites excluding steroid dienone is 1. The predicted octanol–water partition coefficient (Wildman–Crippen LogP) is 1.67. The largest absolute Gasteiger partial charge is 0.425 e. The molecule has 0 aromatic heterocycles. The fourth-order valence-electron chi connectivity index (χ4n) is 1.26. The molecule has 0 radical (unpaired) electrons. The molecule has 0 aliphatic carbocycles. The molecule has 1 unspecified atom stereocenters. The zero-order valence-corrected chi connectivity index (χ0v) is 9.63. The molecule has 0 fully saturated rings. The van der Waals surface area contributed by atoms with Gasteiger partial charge >= 0.3 is 5.97 Å². The Labute approximate surface area is 100 Å². The Balaban J connectivity index is 2.61. The SMILES string of the molecule is C/C=C/CC(NC=O)C(=O)Oc1ccccc1. The Morgan fingerprint density at radius 2 is 2.12 bits per heavy atom. The number of rotatable bonds is 6. The summed E-state index contributed by atoms with van der Waals surface area (Å²) < 4.78 is 5.13. The maximum absolute atomic E-state index is 11.7. The lowest BCUT2D eigenvalue weighted by Gasteiger charge is -2.12. The Morgan fingerprint density at radius 1 is 1.41 bits per heavy atom. The molecular formula is C13H15NO3. The fourth-order valence-corrected chi connectivity index (χ4v) is 1.26. The van der Waals surface area contributed by atoms with Crippen LogP contribution in [0, 0.1) is 0 Å². The Kier molecular flexibility index (Phi) is 5.51. The minimum Gasteiger partial charge on any atom is -0.425 e. The van der Waals surface area contributed by atoms with E-state index in [1.165, 1.54) is 0 Å². The fraction of sp³-hybridized carbons (Fsp3) is 0.231. The van der Waals surface area contributed by atoms with Gasteiger partial charge in [0, 0.05) is 0 Å². The molecule has 4 nitrogen and oxygen atoms in total. The summed E-state index contributed by atoms with van der Waals surface area (Å²) in [6.07, 6.45) is 4.53. The van der Waals surface area contributed by atoms with Crippen LogP contribution in [0.15, 0.2) is 42.5 Å². The predicted molar refractivity (Wildman–Crippen MR) is 64.5 cm³/mol. The summed E-state index contributed by atoms with van der Waals surface area (Å²) in [7, 11) is 0. The number of esters is 1. The van der Waals surface area contributed by atoms with Crippen LogP contribution >= 0.6 is 0 Å². The number of benzene rings is 1. The minimum absolute atomic E-state index is 0.418. The van der Waals surface area contributed by atoms with E-state index in [9.17, 15) is 9.59 Å². The molecule has 0 aliphatic heterocycles. The average Bonchev–Trinajstić information content (AvgIpc) is 2.35. The van der Waals surface area contributed by atoms with Crippen molar-refractivity contribution < 1.29 is 14.3 Å². The number of amides is 1. The van der Waals surface area contributed by atoms with Crippen molar-refractivity contribution in [3.05, 3.63) is 42.5 Å². The summed E-state index contributed by atoms with van der Waals surface area (Å²) in [5.74, 6) is -0.00271. The topological polar surface area (TPSA) is 55.4 Å². The van der Waals surface area contributed by atoms with Gasteiger partial charge in [-0.3, -0.25) is 4.79 Å². The van der Waals surface area contributed by atoms with Crippen molar-refractivity contribution in [2.75, 3.05) is 0 Å². The number of hydrogen-bond acceptors (Lipinski definition) is 3. The van der Waals surface area contributed by atoms with Crippen LogP contribution in [0.1, 0.15) is 13.3 Å². The maximum atomic E-state index is 11.7. The van der Waals surface area contributed by atoms with Gasteiger partial charge in [0.15, 0.2) is 0 Å². The molecule has 1 rings (SSSR count). The maximum Gasteiger partial charge on any atom is 0.334 e. The van der Waals surface area contributed by atoms with Crippen LogP contribution in [0.2, 0.25) is 0 Å². The van der Waals surface area contributed by atoms with Crippen LogP contribution in [0.5, 0.6) is 5.75 Å². The molecule has 1 atom stereocenters. The number of ether oxygens (including phenoxy) is 1. The highest BCUT2D eigenvalue weighted by atomic mass is 16.5. The first-order chi connectivity index (χ1) is 8.27. The van der Waals surface area contributed by atoms with Gasteiger partial charge in [-0.2, -0.15) is 0 Å². The molecule has 0 spiro atoms. The summed E-state index contributed by atoms with van der Waals surface area (Å²) in [6, 6.07) is 8.10. The van der Waals surface area contributed by atoms with Crippen molar-refractivity contribution in [2.24, 2.45) is 0 Å². The van der Waals surface area contributed by atoms with Gasteiger partial charge in [0.1, 0.15) is 11.8 Å². The molecule has 0 saturated carbocycles. The zero-order chi connectivity index (χ0) is 12.5. The molecule has 1 amide bonds. The Morgan fingerprint density at radius 3 is 2.71 bits per heavy atom. The number of para-hydroxylation sites is 1. The van der Waals surface area contributed by atoms with Gasteiger partial charge in [0.2, 0.25) is 6.41 Å². The number of hydrogen-bond donors (Lipinski definition) is 1. The standard InChI is InChI=1S/C13H15NO3/c1-2-3-9-12(14-10-15)13(16)17-11-7-5-4-6-8-11/h2-8,10,12H,9H2,1H3,(H,14,15)/b3-2+. The minimum atomic E-state index is -0.649. The molecule has 0 bridgehead atoms. The molecule has 4 heteroatoms. The van der Waals surface area contributed by atoms with E-state index >= 15 is 0 Å². The molecule has 1 aromatic rings. The van der Waals surface area contributed by atoms with Crippen molar-refractivity contribution in [1.29, 1.82) is 0 Å². The quantitative estimate of drug-likeness (QED) is 0.352. The molecular weight excluding hydrogens is 218 g/mol. The second-order valence-corrected chi connectivity index (χ2v) is 3.38. The lowest BCUT2D eigenvalue weighted by molar-refractivity contribution is -0.137. The van der Waals surface area contributed by atoms with Crippen molar-refractivity contribution in [1.82, 2.24) is 5.32 Å². The van der Waals surface area contributed by atoms with Crippen LogP contribution in [0.3, 0.4) is 0 Å². The van der Waals surface area contributed by atoms with Crippen LogP contribution in [-0.4, -0.2) is 18.4 Å². The lowest BCUT2D eigenvalue weighted by Crippen LogP contribution is -2.38. The summed E-state index contributed by atoms with van der Waals surface area (Å²) in [4.78, 5) is 22.1. The van der Waals surface area contributed by atoms with Gasteiger partial charge in [-0.1, -0.05) is 30.4 Å². The second-order valence-electron chi connectivity index (χ2n) is 3.38. The number of carbonyl (C=O) groups excluding carboxylic acids is 2. The van der Waals surface area contributed by atoms with E-state index in [2.05, 4.69) is 5.32 Å². The number of nitrogens with one attached hydrogen (secondary N) is 1. The van der Waals surface area contributed by atoms with Crippen LogP contribution in [0.25, 0.3) is 0 Å². The lowest BCUT2D eigenvalue weighted by atomic mass is 10.2. The summed E-state index contributed by atoms with van der Waals surface area (Å²) in [5.41, 5.74) is 0. The second kappa shape index (κ2) is 7.22. The summed E-state index contributed by atoms with van der Waals surface area (Å²) >= 11 is 0. The highest BCUT2D eigenvalue weighted by molar-refractivity contribution is 5.80. The highest BCUT2D eigenvalue weighted by Crippen LogP contribution is 2.10. The van der Waals surface area contributed by atoms with E-state index in [-0.39, 0.29) is 0 Å². The smallest absolute Gasteiger partial charge is 0.334 e. The van der Waals surface area contributed by atoms with Gasteiger partial charge in [0.25, 0.3) is 0 Å². The van der Waals surface area contributed by atoms with E-state index in [0.717, 1.165) is 0 Å². The monoisotopic (exact) mass is 233 g/mol. The molecule has 90 valence electrons. The Bertz CT molecular complexity index is 387. The molecule has 1 N–H and O–H groups in total. The molecule has 0 heterocycles. The van der Waals surface area contributed by atoms with Gasteiger partial charge in [0.05, 0.1) is 0 Å². The van der Waals surface area contributed by atoms with Gasteiger partial charge < -0.3 is 10.1 Å². The van der Waals surface area contributed by atoms with Crippen LogP contribution in [-0.2, 0) is 9.59 Å². The van der Waals surface area contributed by atoms with E-state index in [0.29, 0.717) is 18.6 Å². The first-order valence-corrected chi connectivity index (χ1v) is 5.35. The third-order valence-corrected chi connectivity index (χ3v) is 2.12. The van der Waals surface area contributed by atoms with Crippen LogP contribution < -0.4 is 10.1 Å². The van der Waals surface area contributed by atoms with E-state index < -0.39 is 12.0 Å². The Hall–Kier alpha value is -2.10. The van der Waals surface area contributed by atoms with Crippen molar-refractivity contribution in [3.63, 3.8) is 0 Å². The summed E-state index contributed by atoms with van der Waals surface area (Å²) in [5, 5.41) is 2.43. The van der Waals surface area contributed by atoms with E-state index in [4.69, 9.17) is 4.74 Å². The molecule has 1 aromatic carbocycles. The van der Waals surface area contributed by atoms with Crippen LogP contribution in [0.4, 0.5) is 0 Å². The number of carbonyl (C=O) groups is 2. The van der Waals surface area contributed by atoms with Gasteiger partial charge in [-0.25, -0.2) is 4.79 Å². The average molecular weight is 233 g/mol. The van der Waals surface area contributed by atoms with Crippen molar-refractivity contribution in [2.45, 2.75) is 19.4 Å². The van der Waals surface area contributed by atoms with E-state index in [1.807, 2.05) is 19.1 Å². The molecule has 0 aliphatic rings. The zero-order valence-electron chi connectivity index (χ0n) is 9.63. The third-order valence-electron chi connectivity index (χ3n) is 2.12. The van der Waals surface area contributed by atoms with Gasteiger partial charge in [-0.05, 0) is 25.5 Å². The third kappa shape index (κ3) is 4.51. The molecule has 0 saturated heterocycles. The van der Waals surface area contributed by atoms with E-state index in [1.54, 1.807) is 30.3 Å². The molecule has 17 heavy (non-hydrogen) atoms. The first kappa shape index (κ1) is 13.0. The normalized spacial score (nSPS) is 12.1. The highest BCUT2D eigenvalue weighted by Gasteiger charge is 2.18. The van der Waals surface area contributed by atoms with Crippen molar-refractivity contribution in [3.8, 4) is 5.75 Å².